The Morgan fingerprint density at radius 3 is 2.70 bits per heavy atom. The van der Waals surface area contributed by atoms with Crippen LogP contribution in [0.2, 0.25) is 0 Å². The Kier molecular flexibility index (Phi) is 4.52. The third-order valence-electron chi connectivity index (χ3n) is 2.56. The van der Waals surface area contributed by atoms with Crippen molar-refractivity contribution in [3.8, 4) is 0 Å². The Hall–Kier alpha value is -2.15. The molecule has 0 bridgehead atoms. The number of nitrogens with two attached hydrogens (primary N) is 1. The van der Waals surface area contributed by atoms with Gasteiger partial charge >= 0.3 is 0 Å². The molecule has 6 nitrogen and oxygen atoms in total. The van der Waals surface area contributed by atoms with Gasteiger partial charge in [0.25, 0.3) is 0 Å². The molecular formula is C13H15N5OS. The van der Waals surface area contributed by atoms with E-state index < -0.39 is 0 Å². The van der Waals surface area contributed by atoms with Crippen LogP contribution >= 0.6 is 11.8 Å². The van der Waals surface area contributed by atoms with Crippen LogP contribution in [0, 0.1) is 13.8 Å². The summed E-state index contributed by atoms with van der Waals surface area (Å²) in [6.45, 7) is 3.87. The van der Waals surface area contributed by atoms with Gasteiger partial charge in [-0.1, -0.05) is 23.0 Å². The Morgan fingerprint density at radius 2 is 2.05 bits per heavy atom. The third-order valence-corrected chi connectivity index (χ3v) is 3.46. The predicted molar refractivity (Wildman–Crippen MR) is 77.8 cm³/mol. The van der Waals surface area contributed by atoms with Crippen LogP contribution in [-0.2, 0) is 5.75 Å². The number of aromatic nitrogens is 3. The first-order chi connectivity index (χ1) is 9.60. The lowest BCUT2D eigenvalue weighted by atomic mass is 10.2. The summed E-state index contributed by atoms with van der Waals surface area (Å²) in [5.74, 6) is 0.602. The largest absolute Gasteiger partial charge is 0.409 e. The van der Waals surface area contributed by atoms with Crippen LogP contribution in [-0.4, -0.2) is 26.0 Å². The van der Waals surface area contributed by atoms with Crippen molar-refractivity contribution in [2.24, 2.45) is 10.9 Å². The molecule has 7 heteroatoms. The van der Waals surface area contributed by atoms with Crippen LogP contribution in [0.25, 0.3) is 0 Å². The van der Waals surface area contributed by atoms with E-state index in [1.165, 1.54) is 11.8 Å². The summed E-state index contributed by atoms with van der Waals surface area (Å²) in [4.78, 5) is 12.9. The zero-order valence-corrected chi connectivity index (χ0v) is 12.1. The average molecular weight is 289 g/mol. The van der Waals surface area contributed by atoms with E-state index in [1.807, 2.05) is 32.0 Å². The molecule has 0 saturated heterocycles. The van der Waals surface area contributed by atoms with Gasteiger partial charge in [0.15, 0.2) is 11.0 Å². The number of oxime groups is 1. The smallest absolute Gasteiger partial charge is 0.189 e. The molecule has 104 valence electrons. The monoisotopic (exact) mass is 289 g/mol. The molecule has 3 N–H and O–H groups in total. The molecule has 0 fully saturated rings. The van der Waals surface area contributed by atoms with Crippen molar-refractivity contribution < 1.29 is 5.21 Å². The van der Waals surface area contributed by atoms with Gasteiger partial charge < -0.3 is 10.9 Å². The van der Waals surface area contributed by atoms with Crippen LogP contribution in [0.5, 0.6) is 0 Å². The number of amidine groups is 1. The molecule has 0 atom stereocenters. The Bertz CT molecular complexity index is 624. The van der Waals surface area contributed by atoms with Crippen molar-refractivity contribution in [3.05, 3.63) is 47.0 Å². The summed E-state index contributed by atoms with van der Waals surface area (Å²) >= 11 is 1.49. The van der Waals surface area contributed by atoms with E-state index in [0.29, 0.717) is 16.6 Å². The minimum atomic E-state index is 0.00235. The summed E-state index contributed by atoms with van der Waals surface area (Å²) in [6, 6.07) is 5.62. The van der Waals surface area contributed by atoms with Gasteiger partial charge in [-0.2, -0.15) is 0 Å². The van der Waals surface area contributed by atoms with E-state index in [4.69, 9.17) is 10.9 Å². The third kappa shape index (κ3) is 3.45. The fraction of sp³-hybridized carbons (Fsp3) is 0.231. The Balaban J connectivity index is 2.19. The Labute approximate surface area is 121 Å². The zero-order chi connectivity index (χ0) is 14.5. The lowest BCUT2D eigenvalue weighted by Crippen LogP contribution is -2.17. The number of rotatable bonds is 4. The molecule has 0 aliphatic rings. The van der Waals surface area contributed by atoms with Crippen molar-refractivity contribution in [3.63, 3.8) is 0 Å². The molecule has 2 aromatic rings. The van der Waals surface area contributed by atoms with E-state index in [2.05, 4.69) is 20.1 Å². The van der Waals surface area contributed by atoms with Crippen LogP contribution in [0.15, 0.2) is 34.7 Å². The highest BCUT2D eigenvalue weighted by Crippen LogP contribution is 2.21. The number of pyridine rings is 1. The van der Waals surface area contributed by atoms with Crippen LogP contribution < -0.4 is 5.73 Å². The second-order valence-corrected chi connectivity index (χ2v) is 5.16. The molecule has 0 saturated carbocycles. The Morgan fingerprint density at radius 1 is 1.35 bits per heavy atom. The van der Waals surface area contributed by atoms with E-state index in [0.717, 1.165) is 17.0 Å². The summed E-state index contributed by atoms with van der Waals surface area (Å²) in [6.07, 6.45) is 1.61. The predicted octanol–water partition coefficient (Wildman–Crippen LogP) is 1.88. The molecule has 2 aromatic heterocycles. The molecule has 0 aliphatic heterocycles. The molecule has 2 heterocycles. The molecule has 0 aromatic carbocycles. The number of hydrogen-bond acceptors (Lipinski definition) is 6. The highest BCUT2D eigenvalue weighted by molar-refractivity contribution is 7.98. The lowest BCUT2D eigenvalue weighted by molar-refractivity contribution is 0.318. The second-order valence-electron chi connectivity index (χ2n) is 4.22. The fourth-order valence-corrected chi connectivity index (χ4v) is 2.67. The molecule has 2 rings (SSSR count). The van der Waals surface area contributed by atoms with Crippen molar-refractivity contribution in [2.75, 3.05) is 0 Å². The standard InChI is InChI=1S/C13H15N5OS/c1-8-6-9(2)17-13(16-8)20-7-10-4-3-5-15-11(10)12(14)18-19/h3-6,19H,7H2,1-2H3,(H2,14,18). The summed E-state index contributed by atoms with van der Waals surface area (Å²) in [5, 5.41) is 12.5. The first-order valence-electron chi connectivity index (χ1n) is 5.97. The van der Waals surface area contributed by atoms with Crippen molar-refractivity contribution >= 4 is 17.6 Å². The van der Waals surface area contributed by atoms with Gasteiger partial charge in [-0.25, -0.2) is 9.97 Å². The minimum Gasteiger partial charge on any atom is -0.409 e. The summed E-state index contributed by atoms with van der Waals surface area (Å²) < 4.78 is 0. The fourth-order valence-electron chi connectivity index (χ4n) is 1.73. The molecule has 0 spiro atoms. The van der Waals surface area contributed by atoms with E-state index >= 15 is 0 Å². The van der Waals surface area contributed by atoms with Gasteiger partial charge in [0, 0.05) is 23.3 Å². The number of thioether (sulfide) groups is 1. The summed E-state index contributed by atoms with van der Waals surface area (Å²) in [5.41, 5.74) is 8.83. The maximum absolute atomic E-state index is 8.76. The van der Waals surface area contributed by atoms with Crippen molar-refractivity contribution in [1.29, 1.82) is 0 Å². The molecule has 0 amide bonds. The molecule has 0 radical (unpaired) electrons. The summed E-state index contributed by atoms with van der Waals surface area (Å²) in [7, 11) is 0. The minimum absolute atomic E-state index is 0.00235. The first kappa shape index (κ1) is 14.3. The van der Waals surface area contributed by atoms with E-state index in [9.17, 15) is 0 Å². The van der Waals surface area contributed by atoms with E-state index in [-0.39, 0.29) is 5.84 Å². The SMILES string of the molecule is Cc1cc(C)nc(SCc2cccnc2C(N)=NO)n1. The first-order valence-corrected chi connectivity index (χ1v) is 6.95. The molecule has 0 aliphatic carbocycles. The van der Waals surface area contributed by atoms with Crippen molar-refractivity contribution in [1.82, 2.24) is 15.0 Å². The number of hydrogen-bond donors (Lipinski definition) is 2. The maximum atomic E-state index is 8.76. The van der Waals surface area contributed by atoms with Gasteiger partial charge in [0.05, 0.1) is 0 Å². The van der Waals surface area contributed by atoms with Crippen molar-refractivity contribution in [2.45, 2.75) is 24.8 Å². The topological polar surface area (TPSA) is 97.3 Å². The zero-order valence-electron chi connectivity index (χ0n) is 11.2. The normalized spacial score (nSPS) is 11.6. The average Bonchev–Trinajstić information content (AvgIpc) is 2.43. The highest BCUT2D eigenvalue weighted by atomic mass is 32.2. The van der Waals surface area contributed by atoms with Crippen LogP contribution in [0.3, 0.4) is 0 Å². The van der Waals surface area contributed by atoms with Gasteiger partial charge in [0.2, 0.25) is 0 Å². The van der Waals surface area contributed by atoms with Crippen LogP contribution in [0.4, 0.5) is 0 Å². The quantitative estimate of drug-likeness (QED) is 0.223. The van der Waals surface area contributed by atoms with Gasteiger partial charge in [0.1, 0.15) is 5.69 Å². The van der Waals surface area contributed by atoms with Crippen LogP contribution in [0.1, 0.15) is 22.6 Å². The maximum Gasteiger partial charge on any atom is 0.189 e. The van der Waals surface area contributed by atoms with Gasteiger partial charge in [-0.05, 0) is 31.5 Å². The number of aryl methyl sites for hydroxylation is 2. The van der Waals surface area contributed by atoms with E-state index in [1.54, 1.807) is 6.20 Å². The second kappa shape index (κ2) is 6.33. The van der Waals surface area contributed by atoms with Gasteiger partial charge in [-0.15, -0.1) is 0 Å². The number of nitrogens with zero attached hydrogens (tertiary/aromatic N) is 4. The molecule has 0 unspecified atom stereocenters. The lowest BCUT2D eigenvalue weighted by Gasteiger charge is -2.07. The van der Waals surface area contributed by atoms with Gasteiger partial charge in [-0.3, -0.25) is 4.98 Å². The molecular weight excluding hydrogens is 274 g/mol. The highest BCUT2D eigenvalue weighted by Gasteiger charge is 2.09. The molecule has 20 heavy (non-hydrogen) atoms.